The van der Waals surface area contributed by atoms with E-state index in [0.717, 1.165) is 5.56 Å². The number of nitriles is 1. The van der Waals surface area contributed by atoms with Crippen molar-refractivity contribution >= 4 is 34.8 Å². The van der Waals surface area contributed by atoms with Crippen LogP contribution in [0.5, 0.6) is 5.75 Å². The molecular weight excluding hydrogens is 514 g/mol. The molecule has 1 aromatic heterocycles. The predicted octanol–water partition coefficient (Wildman–Crippen LogP) is 5.83. The van der Waals surface area contributed by atoms with Crippen LogP contribution in [0.15, 0.2) is 60.7 Å². The van der Waals surface area contributed by atoms with Crippen molar-refractivity contribution in [3.63, 3.8) is 0 Å². The Bertz CT molecular complexity index is 1750. The highest BCUT2D eigenvalue weighted by Crippen LogP contribution is 2.54. The molecule has 1 N–H and O–H groups in total. The molecule has 0 aliphatic carbocycles. The van der Waals surface area contributed by atoms with Gasteiger partial charge in [-0.05, 0) is 68.8 Å². The third-order valence-electron chi connectivity index (χ3n) is 7.29. The number of carbonyl (C=O) groups is 2. The Balaban J connectivity index is 1.72. The molecule has 39 heavy (non-hydrogen) atoms. The molecule has 9 heteroatoms. The molecule has 194 valence electrons. The van der Waals surface area contributed by atoms with E-state index in [1.54, 1.807) is 42.5 Å². The van der Waals surface area contributed by atoms with Crippen molar-refractivity contribution in [3.05, 3.63) is 93.8 Å². The summed E-state index contributed by atoms with van der Waals surface area (Å²) in [6.45, 7) is 5.90. The molecule has 0 fully saturated rings. The first-order chi connectivity index (χ1) is 18.7. The first-order valence-corrected chi connectivity index (χ1v) is 12.8. The summed E-state index contributed by atoms with van der Waals surface area (Å²) in [7, 11) is 1.52. The van der Waals surface area contributed by atoms with E-state index in [-0.39, 0.29) is 17.6 Å². The maximum atomic E-state index is 14.3. The number of aromatic nitrogens is 2. The van der Waals surface area contributed by atoms with Gasteiger partial charge in [-0.25, -0.2) is 4.98 Å². The van der Waals surface area contributed by atoms with E-state index in [2.05, 4.69) is 11.4 Å². The maximum absolute atomic E-state index is 14.3. The summed E-state index contributed by atoms with van der Waals surface area (Å²) in [5.74, 6) is 0.155. The van der Waals surface area contributed by atoms with Crippen molar-refractivity contribution in [2.24, 2.45) is 0 Å². The summed E-state index contributed by atoms with van der Waals surface area (Å²) < 4.78 is 7.55. The number of fused-ring (bicyclic) bond motifs is 4. The van der Waals surface area contributed by atoms with Gasteiger partial charge >= 0.3 is 0 Å². The molecule has 0 saturated heterocycles. The number of hydrogen-bond acceptors (Lipinski definition) is 5. The van der Waals surface area contributed by atoms with E-state index >= 15 is 0 Å². The summed E-state index contributed by atoms with van der Waals surface area (Å²) in [5.41, 5.74) is 2.94. The Labute approximate surface area is 230 Å². The number of halogens is 1. The summed E-state index contributed by atoms with van der Waals surface area (Å²) in [6, 6.07) is 19.6. The number of benzene rings is 3. The number of nitrogens with one attached hydrogen (secondary N) is 1. The fraction of sp³-hybridized carbons (Fsp3) is 0.200. The van der Waals surface area contributed by atoms with Crippen molar-refractivity contribution in [2.75, 3.05) is 17.3 Å². The number of imidazole rings is 1. The lowest BCUT2D eigenvalue weighted by Crippen LogP contribution is -2.51. The molecule has 0 bridgehead atoms. The lowest BCUT2D eigenvalue weighted by atomic mass is 9.86. The summed E-state index contributed by atoms with van der Waals surface area (Å²) in [6.07, 6.45) is 0. The van der Waals surface area contributed by atoms with E-state index in [9.17, 15) is 14.9 Å². The second-order valence-electron chi connectivity index (χ2n) is 9.96. The van der Waals surface area contributed by atoms with Gasteiger partial charge in [0, 0.05) is 28.0 Å². The van der Waals surface area contributed by atoms with Crippen LogP contribution < -0.4 is 15.0 Å². The Morgan fingerprint density at radius 3 is 2.59 bits per heavy atom. The first kappa shape index (κ1) is 24.7. The smallest absolute Gasteiger partial charge is 0.280 e. The van der Waals surface area contributed by atoms with Gasteiger partial charge in [-0.3, -0.25) is 14.5 Å². The van der Waals surface area contributed by atoms with Crippen molar-refractivity contribution in [3.8, 4) is 23.2 Å². The Morgan fingerprint density at radius 2 is 1.90 bits per heavy atom. The van der Waals surface area contributed by atoms with Crippen LogP contribution in [0.25, 0.3) is 11.4 Å². The van der Waals surface area contributed by atoms with Crippen LogP contribution in [0, 0.1) is 18.3 Å². The van der Waals surface area contributed by atoms with E-state index in [1.165, 1.54) is 12.0 Å². The number of rotatable bonds is 4. The number of nitrogens with zero attached hydrogens (tertiary/aromatic N) is 4. The normalized spacial score (nSPS) is 17.4. The minimum absolute atomic E-state index is 0.175. The quantitative estimate of drug-likeness (QED) is 0.353. The van der Waals surface area contributed by atoms with Crippen molar-refractivity contribution in [1.82, 2.24) is 9.55 Å². The van der Waals surface area contributed by atoms with Gasteiger partial charge in [-0.15, -0.1) is 0 Å². The molecule has 2 amide bonds. The van der Waals surface area contributed by atoms with Gasteiger partial charge in [0.1, 0.15) is 11.6 Å². The minimum atomic E-state index is -1.52. The lowest BCUT2D eigenvalue weighted by Gasteiger charge is -2.35. The number of carbonyl (C=O) groups excluding carboxylic acids is 2. The second-order valence-corrected chi connectivity index (χ2v) is 10.4. The largest absolute Gasteiger partial charge is 0.496 e. The molecule has 1 spiro atoms. The van der Waals surface area contributed by atoms with Gasteiger partial charge in [-0.1, -0.05) is 29.8 Å². The SMILES string of the molecule is COc1cc(C#N)ccc1-c1nc2c(n1C(C)C)C1(C(=O)Nc3cc(C)ccc31)N(c1cccc(Cl)c1)C2=O. The van der Waals surface area contributed by atoms with E-state index < -0.39 is 11.4 Å². The fourth-order valence-corrected chi connectivity index (χ4v) is 5.91. The highest BCUT2D eigenvalue weighted by atomic mass is 35.5. The van der Waals surface area contributed by atoms with Crippen molar-refractivity contribution < 1.29 is 14.3 Å². The van der Waals surface area contributed by atoms with Crippen molar-refractivity contribution in [1.29, 1.82) is 5.26 Å². The maximum Gasteiger partial charge on any atom is 0.280 e. The summed E-state index contributed by atoms with van der Waals surface area (Å²) >= 11 is 6.36. The van der Waals surface area contributed by atoms with Gasteiger partial charge in [0.2, 0.25) is 0 Å². The standard InChI is InChI=1S/C30H24ClN5O3/c1-16(2)35-26-25(34-27(35)21-10-9-18(15-32)13-24(21)39-4)28(37)36(20-7-5-6-19(31)14-20)30(26)22-11-8-17(3)12-23(22)33-29(30)38/h5-14,16H,1-4H3,(H,33,38). The molecule has 6 rings (SSSR count). The average molecular weight is 538 g/mol. The Kier molecular flexibility index (Phi) is 5.52. The highest BCUT2D eigenvalue weighted by Gasteiger charge is 2.64. The van der Waals surface area contributed by atoms with Crippen molar-refractivity contribution in [2.45, 2.75) is 32.4 Å². The lowest BCUT2D eigenvalue weighted by molar-refractivity contribution is -0.119. The zero-order valence-corrected chi connectivity index (χ0v) is 22.5. The van der Waals surface area contributed by atoms with Gasteiger partial charge in [0.25, 0.3) is 11.8 Å². The number of anilines is 2. The molecule has 1 unspecified atom stereocenters. The third-order valence-corrected chi connectivity index (χ3v) is 7.53. The molecule has 3 aromatic carbocycles. The number of methoxy groups -OCH3 is 1. The topological polar surface area (TPSA) is 100 Å². The van der Waals surface area contributed by atoms with Crippen LogP contribution in [-0.2, 0) is 10.3 Å². The predicted molar refractivity (Wildman–Crippen MR) is 148 cm³/mol. The van der Waals surface area contributed by atoms with Gasteiger partial charge in [0.15, 0.2) is 11.2 Å². The number of amides is 2. The Hall–Kier alpha value is -4.61. The number of ether oxygens (including phenoxy) is 1. The monoisotopic (exact) mass is 537 g/mol. The second kappa shape index (κ2) is 8.72. The zero-order chi connectivity index (χ0) is 27.6. The van der Waals surface area contributed by atoms with Crippen LogP contribution >= 0.6 is 11.6 Å². The summed E-state index contributed by atoms with van der Waals surface area (Å²) in [5, 5.41) is 12.9. The Morgan fingerprint density at radius 1 is 1.10 bits per heavy atom. The fourth-order valence-electron chi connectivity index (χ4n) is 5.73. The molecule has 2 aliphatic rings. The average Bonchev–Trinajstić information content (AvgIpc) is 3.52. The number of hydrogen-bond donors (Lipinski definition) is 1. The van der Waals surface area contributed by atoms with Gasteiger partial charge < -0.3 is 14.6 Å². The zero-order valence-electron chi connectivity index (χ0n) is 21.7. The molecule has 0 radical (unpaired) electrons. The van der Waals surface area contributed by atoms with Crippen LogP contribution in [0.2, 0.25) is 5.02 Å². The minimum Gasteiger partial charge on any atom is -0.496 e. The number of aryl methyl sites for hydroxylation is 1. The summed E-state index contributed by atoms with van der Waals surface area (Å²) in [4.78, 5) is 34.9. The molecule has 3 heterocycles. The molecular formula is C30H24ClN5O3. The molecule has 2 aliphatic heterocycles. The first-order valence-electron chi connectivity index (χ1n) is 12.5. The van der Waals surface area contributed by atoms with E-state index in [1.807, 2.05) is 43.5 Å². The molecule has 0 saturated carbocycles. The molecule has 1 atom stereocenters. The highest BCUT2D eigenvalue weighted by molar-refractivity contribution is 6.31. The molecule has 8 nitrogen and oxygen atoms in total. The van der Waals surface area contributed by atoms with Crippen LogP contribution in [0.3, 0.4) is 0 Å². The molecule has 4 aromatic rings. The van der Waals surface area contributed by atoms with Gasteiger partial charge in [0.05, 0.1) is 30.0 Å². The van der Waals surface area contributed by atoms with Crippen LogP contribution in [0.4, 0.5) is 11.4 Å². The van der Waals surface area contributed by atoms with Crippen LogP contribution in [0.1, 0.15) is 52.8 Å². The third kappa shape index (κ3) is 3.33. The van der Waals surface area contributed by atoms with E-state index in [0.29, 0.717) is 50.4 Å². The van der Waals surface area contributed by atoms with E-state index in [4.69, 9.17) is 21.3 Å². The van der Waals surface area contributed by atoms with Gasteiger partial charge in [-0.2, -0.15) is 5.26 Å². The van der Waals surface area contributed by atoms with Crippen LogP contribution in [-0.4, -0.2) is 28.5 Å².